The molecule has 0 rings (SSSR count). The Morgan fingerprint density at radius 2 is 2.44 bits per heavy atom. The SMILES string of the molecule is NOC(=O)NCCCF. The van der Waals surface area contributed by atoms with Crippen molar-refractivity contribution in [2.45, 2.75) is 6.42 Å². The van der Waals surface area contributed by atoms with Crippen LogP contribution in [-0.4, -0.2) is 19.3 Å². The predicted octanol–water partition coefficient (Wildman–Crippen LogP) is -0.0541. The van der Waals surface area contributed by atoms with E-state index in [0.717, 1.165) is 0 Å². The first-order chi connectivity index (χ1) is 4.31. The minimum absolute atomic E-state index is 0.256. The molecule has 0 spiro atoms. The molecule has 0 bridgehead atoms. The van der Waals surface area contributed by atoms with Crippen LogP contribution in [0.2, 0.25) is 0 Å². The minimum Gasteiger partial charge on any atom is -0.357 e. The molecule has 0 heterocycles. The quantitative estimate of drug-likeness (QED) is 0.422. The van der Waals surface area contributed by atoms with E-state index < -0.39 is 12.8 Å². The molecule has 0 saturated heterocycles. The highest BCUT2D eigenvalue weighted by Gasteiger charge is 1.95. The molecule has 0 aliphatic rings. The molecule has 0 atom stereocenters. The van der Waals surface area contributed by atoms with Crippen LogP contribution in [0, 0.1) is 0 Å². The van der Waals surface area contributed by atoms with Crippen molar-refractivity contribution in [1.29, 1.82) is 0 Å². The van der Waals surface area contributed by atoms with E-state index in [-0.39, 0.29) is 13.0 Å². The van der Waals surface area contributed by atoms with Crippen molar-refractivity contribution in [3.63, 3.8) is 0 Å². The Morgan fingerprint density at radius 1 is 1.78 bits per heavy atom. The molecule has 0 unspecified atom stereocenters. The molecule has 1 amide bonds. The fourth-order valence-electron chi connectivity index (χ4n) is 0.299. The lowest BCUT2D eigenvalue weighted by Crippen LogP contribution is -2.27. The standard InChI is InChI=1S/C4H9FN2O2/c5-2-1-3-7-4(8)9-6/h1-3,6H2,(H,7,8). The maximum absolute atomic E-state index is 11.3. The fourth-order valence-corrected chi connectivity index (χ4v) is 0.299. The molecule has 0 radical (unpaired) electrons. The van der Waals surface area contributed by atoms with Gasteiger partial charge in [0.15, 0.2) is 0 Å². The second-order valence-corrected chi connectivity index (χ2v) is 1.37. The number of carbonyl (C=O) groups excluding carboxylic acids is 1. The third kappa shape index (κ3) is 5.02. The Balaban J connectivity index is 2.97. The number of hydrogen-bond acceptors (Lipinski definition) is 3. The number of carbonyl (C=O) groups is 1. The van der Waals surface area contributed by atoms with Gasteiger partial charge in [-0.05, 0) is 6.42 Å². The molecule has 0 aromatic rings. The Labute approximate surface area is 52.1 Å². The molecule has 0 aromatic heterocycles. The lowest BCUT2D eigenvalue weighted by atomic mass is 10.5. The highest BCUT2D eigenvalue weighted by atomic mass is 19.1. The van der Waals surface area contributed by atoms with E-state index in [9.17, 15) is 9.18 Å². The molecule has 0 aromatic carbocycles. The van der Waals surface area contributed by atoms with E-state index in [1.165, 1.54) is 0 Å². The van der Waals surface area contributed by atoms with Crippen molar-refractivity contribution in [1.82, 2.24) is 5.32 Å². The van der Waals surface area contributed by atoms with Gasteiger partial charge >= 0.3 is 6.09 Å². The van der Waals surface area contributed by atoms with E-state index >= 15 is 0 Å². The number of alkyl halides is 1. The molecule has 3 N–H and O–H groups in total. The van der Waals surface area contributed by atoms with E-state index in [0.29, 0.717) is 0 Å². The molecule has 4 nitrogen and oxygen atoms in total. The van der Waals surface area contributed by atoms with Gasteiger partial charge in [-0.1, -0.05) is 0 Å². The van der Waals surface area contributed by atoms with Crippen molar-refractivity contribution in [2.75, 3.05) is 13.2 Å². The van der Waals surface area contributed by atoms with Crippen LogP contribution >= 0.6 is 0 Å². The fraction of sp³-hybridized carbons (Fsp3) is 0.750. The van der Waals surface area contributed by atoms with Crippen molar-refractivity contribution in [3.8, 4) is 0 Å². The zero-order valence-corrected chi connectivity index (χ0v) is 4.89. The van der Waals surface area contributed by atoms with Crippen molar-refractivity contribution >= 4 is 6.09 Å². The highest BCUT2D eigenvalue weighted by molar-refractivity contribution is 5.66. The zero-order valence-electron chi connectivity index (χ0n) is 4.89. The van der Waals surface area contributed by atoms with Gasteiger partial charge in [0.2, 0.25) is 0 Å². The zero-order chi connectivity index (χ0) is 7.11. The molecule has 54 valence electrons. The summed E-state index contributed by atoms with van der Waals surface area (Å²) < 4.78 is 11.3. The van der Waals surface area contributed by atoms with Crippen LogP contribution in [0.5, 0.6) is 0 Å². The molecular weight excluding hydrogens is 127 g/mol. The molecule has 0 aliphatic heterocycles. The monoisotopic (exact) mass is 136 g/mol. The summed E-state index contributed by atoms with van der Waals surface area (Å²) in [6, 6.07) is 0. The third-order valence-corrected chi connectivity index (χ3v) is 0.687. The molecule has 5 heteroatoms. The van der Waals surface area contributed by atoms with Crippen LogP contribution in [0.3, 0.4) is 0 Å². The minimum atomic E-state index is -0.733. The molecule has 0 saturated carbocycles. The van der Waals surface area contributed by atoms with Crippen LogP contribution in [0.4, 0.5) is 9.18 Å². The Morgan fingerprint density at radius 3 is 2.89 bits per heavy atom. The van der Waals surface area contributed by atoms with Gasteiger partial charge in [0.05, 0.1) is 6.67 Å². The first-order valence-electron chi connectivity index (χ1n) is 2.51. The van der Waals surface area contributed by atoms with E-state index in [2.05, 4.69) is 16.1 Å². The number of nitrogens with one attached hydrogen (secondary N) is 1. The van der Waals surface area contributed by atoms with Gasteiger partial charge in [-0.15, -0.1) is 0 Å². The van der Waals surface area contributed by atoms with Crippen LogP contribution in [0.15, 0.2) is 0 Å². The summed E-state index contributed by atoms with van der Waals surface area (Å²) in [7, 11) is 0. The molecule has 0 fully saturated rings. The van der Waals surface area contributed by atoms with Crippen molar-refractivity contribution in [3.05, 3.63) is 0 Å². The summed E-state index contributed by atoms with van der Waals surface area (Å²) in [6.07, 6.45) is -0.446. The molecule has 0 aliphatic carbocycles. The topological polar surface area (TPSA) is 64.3 Å². The molecule has 9 heavy (non-hydrogen) atoms. The summed E-state index contributed by atoms with van der Waals surface area (Å²) in [5, 5.41) is 2.21. The van der Waals surface area contributed by atoms with Gasteiger partial charge in [-0.25, -0.2) is 4.79 Å². The van der Waals surface area contributed by atoms with Crippen LogP contribution in [0.1, 0.15) is 6.42 Å². The lowest BCUT2D eigenvalue weighted by Gasteiger charge is -1.98. The van der Waals surface area contributed by atoms with E-state index in [1.807, 2.05) is 0 Å². The first kappa shape index (κ1) is 8.16. The van der Waals surface area contributed by atoms with Gasteiger partial charge in [0, 0.05) is 6.54 Å². The average molecular weight is 136 g/mol. The highest BCUT2D eigenvalue weighted by Crippen LogP contribution is 1.76. The summed E-state index contributed by atoms with van der Waals surface area (Å²) >= 11 is 0. The lowest BCUT2D eigenvalue weighted by molar-refractivity contribution is 0.147. The Bertz CT molecular complexity index is 88.6. The second-order valence-electron chi connectivity index (χ2n) is 1.37. The summed E-state index contributed by atoms with van der Waals surface area (Å²) in [4.78, 5) is 13.8. The van der Waals surface area contributed by atoms with Crippen LogP contribution < -0.4 is 11.2 Å². The Hall–Kier alpha value is -0.840. The van der Waals surface area contributed by atoms with Crippen molar-refractivity contribution < 1.29 is 14.0 Å². The summed E-state index contributed by atoms with van der Waals surface area (Å²) in [5.74, 6) is 4.45. The Kier molecular flexibility index (Phi) is 4.81. The maximum Gasteiger partial charge on any atom is 0.425 e. The van der Waals surface area contributed by atoms with Crippen LogP contribution in [0.25, 0.3) is 0 Å². The number of hydrogen-bond donors (Lipinski definition) is 2. The normalized spacial score (nSPS) is 8.67. The number of rotatable bonds is 3. The van der Waals surface area contributed by atoms with E-state index in [1.54, 1.807) is 0 Å². The molecular formula is C4H9FN2O2. The average Bonchev–Trinajstić information content (AvgIpc) is 1.89. The largest absolute Gasteiger partial charge is 0.425 e. The number of nitrogens with two attached hydrogens (primary N) is 1. The second kappa shape index (κ2) is 5.30. The number of amides is 1. The van der Waals surface area contributed by atoms with E-state index in [4.69, 9.17) is 0 Å². The third-order valence-electron chi connectivity index (χ3n) is 0.687. The van der Waals surface area contributed by atoms with Gasteiger partial charge in [0.25, 0.3) is 0 Å². The summed E-state index contributed by atoms with van der Waals surface area (Å²) in [5.41, 5.74) is 0. The van der Waals surface area contributed by atoms with Crippen molar-refractivity contribution in [2.24, 2.45) is 5.90 Å². The smallest absolute Gasteiger partial charge is 0.357 e. The maximum atomic E-state index is 11.3. The number of halogens is 1. The van der Waals surface area contributed by atoms with Crippen LogP contribution in [-0.2, 0) is 4.84 Å². The first-order valence-corrected chi connectivity index (χ1v) is 2.51. The van der Waals surface area contributed by atoms with Gasteiger partial charge < -0.3 is 10.2 Å². The van der Waals surface area contributed by atoms with Gasteiger partial charge in [-0.3, -0.25) is 4.39 Å². The van der Waals surface area contributed by atoms with Gasteiger partial charge in [0.1, 0.15) is 0 Å². The predicted molar refractivity (Wildman–Crippen MR) is 29.3 cm³/mol. The summed E-state index contributed by atoms with van der Waals surface area (Å²) in [6.45, 7) is -0.197. The van der Waals surface area contributed by atoms with Gasteiger partial charge in [-0.2, -0.15) is 5.90 Å².